The predicted molar refractivity (Wildman–Crippen MR) is 62.0 cm³/mol. The van der Waals surface area contributed by atoms with Crippen LogP contribution in [0.25, 0.3) is 0 Å². The van der Waals surface area contributed by atoms with E-state index in [9.17, 15) is 4.79 Å². The monoisotopic (exact) mass is 226 g/mol. The van der Waals surface area contributed by atoms with Crippen molar-refractivity contribution in [3.05, 3.63) is 0 Å². The zero-order chi connectivity index (χ0) is 11.4. The topological polar surface area (TPSA) is 52.6 Å². The average Bonchev–Trinajstić information content (AvgIpc) is 2.39. The molecule has 0 radical (unpaired) electrons. The highest BCUT2D eigenvalue weighted by Gasteiger charge is 2.29. The van der Waals surface area contributed by atoms with Gasteiger partial charge in [0.25, 0.3) is 0 Å². The Labute approximate surface area is 97.0 Å². The number of amides is 1. The fourth-order valence-electron chi connectivity index (χ4n) is 2.70. The van der Waals surface area contributed by atoms with Gasteiger partial charge in [-0.1, -0.05) is 6.42 Å². The van der Waals surface area contributed by atoms with Gasteiger partial charge in [-0.05, 0) is 38.1 Å². The highest BCUT2D eigenvalue weighted by molar-refractivity contribution is 5.82. The second-order valence-corrected chi connectivity index (χ2v) is 4.98. The van der Waals surface area contributed by atoms with E-state index in [-0.39, 0.29) is 18.6 Å². The summed E-state index contributed by atoms with van der Waals surface area (Å²) in [7, 11) is 0. The van der Waals surface area contributed by atoms with E-state index in [0.29, 0.717) is 5.92 Å². The van der Waals surface area contributed by atoms with E-state index in [2.05, 4.69) is 5.32 Å². The molecule has 0 aromatic rings. The Morgan fingerprint density at radius 3 is 2.88 bits per heavy atom. The van der Waals surface area contributed by atoms with Crippen LogP contribution in [0.4, 0.5) is 0 Å². The van der Waals surface area contributed by atoms with Crippen molar-refractivity contribution in [2.45, 2.75) is 38.1 Å². The fraction of sp³-hybridized carbons (Fsp3) is 0.917. The Kier molecular flexibility index (Phi) is 4.18. The van der Waals surface area contributed by atoms with Gasteiger partial charge in [0.1, 0.15) is 0 Å². The first kappa shape index (κ1) is 11.9. The number of carbonyl (C=O) groups is 1. The van der Waals surface area contributed by atoms with Crippen molar-refractivity contribution in [1.82, 2.24) is 10.2 Å². The van der Waals surface area contributed by atoms with Crippen LogP contribution in [0.2, 0.25) is 0 Å². The summed E-state index contributed by atoms with van der Waals surface area (Å²) in [5, 5.41) is 12.4. The number of aliphatic hydroxyl groups is 1. The van der Waals surface area contributed by atoms with E-state index < -0.39 is 0 Å². The summed E-state index contributed by atoms with van der Waals surface area (Å²) in [5.74, 6) is 0.541. The van der Waals surface area contributed by atoms with Crippen LogP contribution in [-0.2, 0) is 4.79 Å². The predicted octanol–water partition coefficient (Wildman–Crippen LogP) is 0.359. The third-order valence-corrected chi connectivity index (χ3v) is 3.70. The second kappa shape index (κ2) is 5.64. The van der Waals surface area contributed by atoms with Gasteiger partial charge in [0.05, 0.1) is 6.04 Å². The summed E-state index contributed by atoms with van der Waals surface area (Å²) < 4.78 is 0. The van der Waals surface area contributed by atoms with Crippen molar-refractivity contribution in [1.29, 1.82) is 0 Å². The number of hydrogen-bond donors (Lipinski definition) is 2. The maximum Gasteiger partial charge on any atom is 0.239 e. The number of carbonyl (C=O) groups excluding carboxylic acids is 1. The van der Waals surface area contributed by atoms with E-state index >= 15 is 0 Å². The van der Waals surface area contributed by atoms with Crippen LogP contribution in [0.3, 0.4) is 0 Å². The number of rotatable bonds is 2. The second-order valence-electron chi connectivity index (χ2n) is 4.98. The van der Waals surface area contributed by atoms with Crippen molar-refractivity contribution >= 4 is 5.91 Å². The molecule has 2 fully saturated rings. The zero-order valence-corrected chi connectivity index (χ0v) is 9.82. The van der Waals surface area contributed by atoms with Crippen LogP contribution < -0.4 is 5.32 Å². The lowest BCUT2D eigenvalue weighted by atomic mass is 9.97. The molecule has 2 atom stereocenters. The van der Waals surface area contributed by atoms with Crippen molar-refractivity contribution in [3.63, 3.8) is 0 Å². The molecule has 0 aromatic carbocycles. The van der Waals surface area contributed by atoms with Gasteiger partial charge in [-0.3, -0.25) is 4.79 Å². The largest absolute Gasteiger partial charge is 0.396 e. The molecule has 2 rings (SSSR count). The van der Waals surface area contributed by atoms with Gasteiger partial charge in [-0.25, -0.2) is 0 Å². The number of nitrogens with zero attached hydrogens (tertiary/aromatic N) is 1. The van der Waals surface area contributed by atoms with Crippen molar-refractivity contribution < 1.29 is 9.90 Å². The Morgan fingerprint density at radius 1 is 1.31 bits per heavy atom. The van der Waals surface area contributed by atoms with Crippen molar-refractivity contribution in [2.75, 3.05) is 26.2 Å². The molecule has 1 amide bonds. The SMILES string of the molecule is O=C([C@H]1CCCCN1)N1CCC[C@H](CO)C1. The van der Waals surface area contributed by atoms with Crippen LogP contribution in [0.5, 0.6) is 0 Å². The highest BCUT2D eigenvalue weighted by atomic mass is 16.3. The molecule has 0 aromatic heterocycles. The summed E-state index contributed by atoms with van der Waals surface area (Å²) in [6.45, 7) is 2.79. The Hall–Kier alpha value is -0.610. The molecule has 4 heteroatoms. The van der Waals surface area contributed by atoms with E-state index in [4.69, 9.17) is 5.11 Å². The van der Waals surface area contributed by atoms with E-state index in [1.165, 1.54) is 6.42 Å². The lowest BCUT2D eigenvalue weighted by Gasteiger charge is -2.35. The lowest BCUT2D eigenvalue weighted by Crippen LogP contribution is -2.51. The molecule has 2 saturated heterocycles. The molecular weight excluding hydrogens is 204 g/mol. The number of aliphatic hydroxyl groups excluding tert-OH is 1. The standard InChI is InChI=1S/C12H22N2O2/c15-9-10-4-3-7-14(8-10)12(16)11-5-1-2-6-13-11/h10-11,13,15H,1-9H2/t10-,11+/m0/s1. The number of piperidine rings is 2. The van der Waals surface area contributed by atoms with E-state index in [1.807, 2.05) is 4.90 Å². The van der Waals surface area contributed by atoms with Crippen LogP contribution in [0.1, 0.15) is 32.1 Å². The van der Waals surface area contributed by atoms with Gasteiger partial charge in [-0.15, -0.1) is 0 Å². The summed E-state index contributed by atoms with van der Waals surface area (Å²) in [5.41, 5.74) is 0. The van der Waals surface area contributed by atoms with Gasteiger partial charge in [0.2, 0.25) is 5.91 Å². The van der Waals surface area contributed by atoms with Gasteiger partial charge in [0, 0.05) is 19.7 Å². The highest BCUT2D eigenvalue weighted by Crippen LogP contribution is 2.18. The van der Waals surface area contributed by atoms with Crippen molar-refractivity contribution in [3.8, 4) is 0 Å². The molecule has 0 aliphatic carbocycles. The Balaban J connectivity index is 1.87. The minimum atomic E-state index is 0.0335. The third-order valence-electron chi connectivity index (χ3n) is 3.70. The van der Waals surface area contributed by atoms with Crippen LogP contribution in [0.15, 0.2) is 0 Å². The molecule has 2 aliphatic heterocycles. The first-order chi connectivity index (χ1) is 7.81. The molecule has 2 aliphatic rings. The Morgan fingerprint density at radius 2 is 2.19 bits per heavy atom. The van der Waals surface area contributed by atoms with Crippen LogP contribution in [0, 0.1) is 5.92 Å². The maximum atomic E-state index is 12.2. The molecule has 92 valence electrons. The van der Waals surface area contributed by atoms with E-state index in [0.717, 1.165) is 45.3 Å². The van der Waals surface area contributed by atoms with Crippen LogP contribution >= 0.6 is 0 Å². The van der Waals surface area contributed by atoms with Gasteiger partial charge >= 0.3 is 0 Å². The molecule has 0 unspecified atom stereocenters. The fourth-order valence-corrected chi connectivity index (χ4v) is 2.70. The molecule has 2 N–H and O–H groups in total. The first-order valence-corrected chi connectivity index (χ1v) is 6.44. The molecule has 0 saturated carbocycles. The molecule has 4 nitrogen and oxygen atoms in total. The molecular formula is C12H22N2O2. The molecule has 0 spiro atoms. The van der Waals surface area contributed by atoms with Gasteiger partial charge in [-0.2, -0.15) is 0 Å². The van der Waals surface area contributed by atoms with Crippen molar-refractivity contribution in [2.24, 2.45) is 5.92 Å². The zero-order valence-electron chi connectivity index (χ0n) is 9.82. The van der Waals surface area contributed by atoms with Crippen LogP contribution in [-0.4, -0.2) is 48.2 Å². The summed E-state index contributed by atoms with van der Waals surface area (Å²) >= 11 is 0. The number of likely N-dealkylation sites (tertiary alicyclic amines) is 1. The third kappa shape index (κ3) is 2.74. The van der Waals surface area contributed by atoms with Gasteiger partial charge in [0.15, 0.2) is 0 Å². The molecule has 0 bridgehead atoms. The lowest BCUT2D eigenvalue weighted by molar-refractivity contribution is -0.136. The minimum Gasteiger partial charge on any atom is -0.396 e. The average molecular weight is 226 g/mol. The maximum absolute atomic E-state index is 12.2. The Bertz CT molecular complexity index is 239. The van der Waals surface area contributed by atoms with Gasteiger partial charge < -0.3 is 15.3 Å². The molecule has 16 heavy (non-hydrogen) atoms. The normalized spacial score (nSPS) is 31.4. The smallest absolute Gasteiger partial charge is 0.239 e. The number of nitrogens with one attached hydrogen (secondary N) is 1. The summed E-state index contributed by atoms with van der Waals surface area (Å²) in [6.07, 6.45) is 5.39. The number of hydrogen-bond acceptors (Lipinski definition) is 3. The van der Waals surface area contributed by atoms with E-state index in [1.54, 1.807) is 0 Å². The quantitative estimate of drug-likeness (QED) is 0.715. The molecule has 2 heterocycles. The minimum absolute atomic E-state index is 0.0335. The summed E-state index contributed by atoms with van der Waals surface area (Å²) in [4.78, 5) is 14.1. The first-order valence-electron chi connectivity index (χ1n) is 6.44. The summed E-state index contributed by atoms with van der Waals surface area (Å²) in [6, 6.07) is 0.0335.